The molecule has 7 nitrogen and oxygen atoms in total. The van der Waals surface area contributed by atoms with Crippen molar-refractivity contribution < 1.29 is 4.74 Å². The Balaban J connectivity index is 1.85. The fraction of sp³-hybridized carbons (Fsp3) is 0.360. The average molecular weight is 469 g/mol. The van der Waals surface area contributed by atoms with Gasteiger partial charge in [-0.05, 0) is 49.1 Å². The summed E-state index contributed by atoms with van der Waals surface area (Å²) in [6.07, 6.45) is 0.738. The Labute approximate surface area is 198 Å². The van der Waals surface area contributed by atoms with E-state index >= 15 is 0 Å². The molecule has 3 N–H and O–H groups in total. The molecule has 0 saturated carbocycles. The highest BCUT2D eigenvalue weighted by Crippen LogP contribution is 2.23. The number of thioether (sulfide) groups is 1. The standard InChI is InChI=1S/C25H32N4O3S/c1-18-10-11-21(16-19(18)2)33-15-13-28(12-7-14-32-3)22-23(26)29(25(31)27-24(22)30)17-20-8-5-4-6-9-20/h4-6,8-11,16H,7,12-15,17,26H2,1-3H3,(H,27,30,31). The third-order valence-corrected chi connectivity index (χ3v) is 6.57. The Kier molecular flexibility index (Phi) is 8.79. The first-order valence-corrected chi connectivity index (χ1v) is 12.0. The SMILES string of the molecule is COCCCN(CCSc1ccc(C)c(C)c1)c1c(N)n(Cc2ccccc2)c(=O)[nH]c1=O. The Hall–Kier alpha value is -2.97. The summed E-state index contributed by atoms with van der Waals surface area (Å²) in [5.74, 6) is 0.952. The van der Waals surface area contributed by atoms with Gasteiger partial charge in [-0.2, -0.15) is 0 Å². The molecule has 176 valence electrons. The number of hydrogen-bond acceptors (Lipinski definition) is 6. The normalized spacial score (nSPS) is 11.0. The van der Waals surface area contributed by atoms with Crippen molar-refractivity contribution in [1.29, 1.82) is 0 Å². The molecule has 8 heteroatoms. The molecular formula is C25H32N4O3S. The van der Waals surface area contributed by atoms with Gasteiger partial charge in [0.25, 0.3) is 5.56 Å². The van der Waals surface area contributed by atoms with Crippen molar-refractivity contribution in [2.45, 2.75) is 31.7 Å². The number of ether oxygens (including phenoxy) is 1. The molecular weight excluding hydrogens is 436 g/mol. The van der Waals surface area contributed by atoms with Gasteiger partial charge in [0.05, 0.1) is 6.54 Å². The molecule has 0 atom stereocenters. The molecule has 0 spiro atoms. The minimum absolute atomic E-state index is 0.182. The van der Waals surface area contributed by atoms with E-state index in [0.717, 1.165) is 17.7 Å². The van der Waals surface area contributed by atoms with Gasteiger partial charge in [-0.25, -0.2) is 4.79 Å². The lowest BCUT2D eigenvalue weighted by atomic mass is 10.1. The Morgan fingerprint density at radius 1 is 1.06 bits per heavy atom. The lowest BCUT2D eigenvalue weighted by Crippen LogP contribution is -2.40. The number of aromatic amines is 1. The highest BCUT2D eigenvalue weighted by molar-refractivity contribution is 7.99. The van der Waals surface area contributed by atoms with Crippen molar-refractivity contribution in [3.05, 3.63) is 86.1 Å². The van der Waals surface area contributed by atoms with Crippen molar-refractivity contribution in [1.82, 2.24) is 9.55 Å². The number of anilines is 2. The van der Waals surface area contributed by atoms with Gasteiger partial charge >= 0.3 is 5.69 Å². The number of methoxy groups -OCH3 is 1. The van der Waals surface area contributed by atoms with Crippen LogP contribution in [0.15, 0.2) is 63.0 Å². The van der Waals surface area contributed by atoms with Gasteiger partial charge in [0.15, 0.2) is 0 Å². The minimum Gasteiger partial charge on any atom is -0.385 e. The smallest absolute Gasteiger partial charge is 0.330 e. The van der Waals surface area contributed by atoms with Crippen LogP contribution in [0.2, 0.25) is 0 Å². The van der Waals surface area contributed by atoms with E-state index in [1.54, 1.807) is 18.9 Å². The van der Waals surface area contributed by atoms with E-state index in [1.807, 2.05) is 35.2 Å². The number of benzene rings is 2. The van der Waals surface area contributed by atoms with Gasteiger partial charge in [-0.15, -0.1) is 11.8 Å². The molecule has 0 amide bonds. The number of nitrogens with zero attached hydrogens (tertiary/aromatic N) is 2. The maximum atomic E-state index is 12.8. The lowest BCUT2D eigenvalue weighted by Gasteiger charge is -2.26. The van der Waals surface area contributed by atoms with Gasteiger partial charge in [0.2, 0.25) is 0 Å². The van der Waals surface area contributed by atoms with E-state index in [0.29, 0.717) is 31.9 Å². The molecule has 0 radical (unpaired) electrons. The van der Waals surface area contributed by atoms with E-state index in [2.05, 4.69) is 37.0 Å². The van der Waals surface area contributed by atoms with Crippen molar-refractivity contribution in [3.63, 3.8) is 0 Å². The summed E-state index contributed by atoms with van der Waals surface area (Å²) in [6.45, 7) is 6.27. The maximum absolute atomic E-state index is 12.8. The van der Waals surface area contributed by atoms with Crippen molar-refractivity contribution in [2.75, 3.05) is 43.2 Å². The van der Waals surface area contributed by atoms with E-state index in [9.17, 15) is 9.59 Å². The summed E-state index contributed by atoms with van der Waals surface area (Å²) in [4.78, 5) is 31.0. The number of nitrogens with two attached hydrogens (primary N) is 1. The number of nitrogens with one attached hydrogen (secondary N) is 1. The highest BCUT2D eigenvalue weighted by Gasteiger charge is 2.19. The first kappa shape index (κ1) is 24.7. The zero-order chi connectivity index (χ0) is 23.8. The first-order chi connectivity index (χ1) is 15.9. The van der Waals surface area contributed by atoms with E-state index < -0.39 is 11.2 Å². The quantitative estimate of drug-likeness (QED) is 0.331. The molecule has 0 fully saturated rings. The van der Waals surface area contributed by atoms with Crippen LogP contribution >= 0.6 is 11.8 Å². The van der Waals surface area contributed by atoms with Crippen LogP contribution in [0.1, 0.15) is 23.1 Å². The fourth-order valence-electron chi connectivity index (χ4n) is 3.62. The van der Waals surface area contributed by atoms with Gasteiger partial charge in [0, 0.05) is 37.5 Å². The number of aromatic nitrogens is 2. The Morgan fingerprint density at radius 3 is 2.52 bits per heavy atom. The predicted octanol–water partition coefficient (Wildman–Crippen LogP) is 3.42. The first-order valence-electron chi connectivity index (χ1n) is 11.0. The second-order valence-corrected chi connectivity index (χ2v) is 9.16. The van der Waals surface area contributed by atoms with Crippen LogP contribution in [-0.2, 0) is 11.3 Å². The van der Waals surface area contributed by atoms with E-state index in [4.69, 9.17) is 10.5 Å². The van der Waals surface area contributed by atoms with Crippen LogP contribution in [0.5, 0.6) is 0 Å². The number of rotatable bonds is 11. The molecule has 1 aromatic heterocycles. The molecule has 0 aliphatic heterocycles. The zero-order valence-electron chi connectivity index (χ0n) is 19.5. The number of nitrogen functional groups attached to an aromatic ring is 1. The number of H-pyrrole nitrogens is 1. The van der Waals surface area contributed by atoms with E-state index in [1.165, 1.54) is 20.6 Å². The molecule has 0 aliphatic rings. The maximum Gasteiger partial charge on any atom is 0.330 e. The molecule has 3 aromatic rings. The molecule has 3 rings (SSSR count). The van der Waals surface area contributed by atoms with E-state index in [-0.39, 0.29) is 5.82 Å². The fourth-order valence-corrected chi connectivity index (χ4v) is 4.59. The third kappa shape index (κ3) is 6.52. The molecule has 0 aliphatic carbocycles. The summed E-state index contributed by atoms with van der Waals surface area (Å²) in [6, 6.07) is 16.0. The molecule has 0 unspecified atom stereocenters. The predicted molar refractivity (Wildman–Crippen MR) is 137 cm³/mol. The third-order valence-electron chi connectivity index (χ3n) is 5.60. The van der Waals surface area contributed by atoms with Gasteiger partial charge in [-0.3, -0.25) is 14.3 Å². The summed E-state index contributed by atoms with van der Waals surface area (Å²) in [7, 11) is 1.65. The van der Waals surface area contributed by atoms with Crippen LogP contribution in [0.3, 0.4) is 0 Å². The Morgan fingerprint density at radius 2 is 1.82 bits per heavy atom. The number of aryl methyl sites for hydroxylation is 2. The van der Waals surface area contributed by atoms with Crippen molar-refractivity contribution in [2.24, 2.45) is 0 Å². The second kappa shape index (κ2) is 11.8. The van der Waals surface area contributed by atoms with Gasteiger partial charge in [-0.1, -0.05) is 36.4 Å². The summed E-state index contributed by atoms with van der Waals surface area (Å²) in [5.41, 5.74) is 9.24. The van der Waals surface area contributed by atoms with Crippen LogP contribution in [0, 0.1) is 13.8 Å². The molecule has 33 heavy (non-hydrogen) atoms. The summed E-state index contributed by atoms with van der Waals surface area (Å²) in [5, 5.41) is 0. The van der Waals surface area contributed by atoms with Gasteiger partial charge < -0.3 is 15.4 Å². The van der Waals surface area contributed by atoms with Crippen LogP contribution in [0.25, 0.3) is 0 Å². The van der Waals surface area contributed by atoms with Crippen molar-refractivity contribution >= 4 is 23.3 Å². The monoisotopic (exact) mass is 468 g/mol. The summed E-state index contributed by atoms with van der Waals surface area (Å²) >= 11 is 1.73. The minimum atomic E-state index is -0.508. The van der Waals surface area contributed by atoms with Crippen LogP contribution in [-0.4, -0.2) is 42.1 Å². The molecule has 1 heterocycles. The molecule has 0 bridgehead atoms. The molecule has 0 saturated heterocycles. The molecule has 2 aromatic carbocycles. The Bertz CT molecular complexity index is 1170. The van der Waals surface area contributed by atoms with Crippen LogP contribution in [0.4, 0.5) is 11.5 Å². The highest BCUT2D eigenvalue weighted by atomic mass is 32.2. The van der Waals surface area contributed by atoms with Crippen molar-refractivity contribution in [3.8, 4) is 0 Å². The topological polar surface area (TPSA) is 93.3 Å². The largest absolute Gasteiger partial charge is 0.385 e. The number of hydrogen-bond donors (Lipinski definition) is 2. The lowest BCUT2D eigenvalue weighted by molar-refractivity contribution is 0.196. The average Bonchev–Trinajstić information content (AvgIpc) is 2.79. The zero-order valence-corrected chi connectivity index (χ0v) is 20.3. The second-order valence-electron chi connectivity index (χ2n) is 7.99. The van der Waals surface area contributed by atoms with Crippen LogP contribution < -0.4 is 21.9 Å². The van der Waals surface area contributed by atoms with Gasteiger partial charge in [0.1, 0.15) is 11.5 Å². The summed E-state index contributed by atoms with van der Waals surface area (Å²) < 4.78 is 6.63.